The molecule has 1 aliphatic heterocycles. The van der Waals surface area contributed by atoms with Gasteiger partial charge < -0.3 is 0 Å². The molecular formula is C14H28N4. The Hall–Kier alpha value is -1.03. The molecule has 18 heavy (non-hydrogen) atoms. The fraction of sp³-hybridized carbons (Fsp3) is 0.786. The molecular weight excluding hydrogens is 224 g/mol. The zero-order valence-electron chi connectivity index (χ0n) is 11.7. The molecule has 4 heteroatoms. The van der Waals surface area contributed by atoms with Gasteiger partial charge in [0.2, 0.25) is 0 Å². The summed E-state index contributed by atoms with van der Waals surface area (Å²) in [5, 5.41) is 5.39. The summed E-state index contributed by atoms with van der Waals surface area (Å²) < 4.78 is 0. The van der Waals surface area contributed by atoms with Crippen molar-refractivity contribution < 1.29 is 0 Å². The summed E-state index contributed by atoms with van der Waals surface area (Å²) in [6, 6.07) is 0. The number of allylic oxidation sites excluding steroid dienone is 1. The summed E-state index contributed by atoms with van der Waals surface area (Å²) in [4.78, 5) is 0. The van der Waals surface area contributed by atoms with Crippen LogP contribution < -0.4 is 11.3 Å². The molecule has 0 aromatic carbocycles. The number of rotatable bonds is 10. The molecule has 0 aliphatic carbocycles. The molecule has 104 valence electrons. The van der Waals surface area contributed by atoms with E-state index in [1.54, 1.807) is 6.34 Å². The van der Waals surface area contributed by atoms with Gasteiger partial charge in [0.1, 0.15) is 12.2 Å². The Morgan fingerprint density at radius 2 is 1.72 bits per heavy atom. The zero-order valence-corrected chi connectivity index (χ0v) is 11.7. The molecule has 0 aromatic heterocycles. The number of nitrogens with one attached hydrogen (secondary N) is 1. The van der Waals surface area contributed by atoms with Crippen molar-refractivity contribution in [2.24, 2.45) is 10.9 Å². The van der Waals surface area contributed by atoms with Crippen molar-refractivity contribution in [2.45, 2.75) is 71.1 Å². The van der Waals surface area contributed by atoms with E-state index in [0.29, 0.717) is 0 Å². The van der Waals surface area contributed by atoms with E-state index in [-0.39, 0.29) is 0 Å². The van der Waals surface area contributed by atoms with Crippen molar-refractivity contribution in [3.63, 3.8) is 0 Å². The number of nitrogens with two attached hydrogens (primary N) is 1. The minimum absolute atomic E-state index is 0.898. The molecule has 0 saturated carbocycles. The molecule has 0 bridgehead atoms. The maximum Gasteiger partial charge on any atom is 0.138 e. The van der Waals surface area contributed by atoms with Crippen LogP contribution in [0.25, 0.3) is 0 Å². The summed E-state index contributed by atoms with van der Waals surface area (Å²) in [5.41, 5.74) is 2.87. The first-order valence-corrected chi connectivity index (χ1v) is 7.38. The monoisotopic (exact) mass is 252 g/mol. The number of hydrazine groups is 1. The van der Waals surface area contributed by atoms with E-state index in [9.17, 15) is 0 Å². The summed E-state index contributed by atoms with van der Waals surface area (Å²) >= 11 is 0. The van der Waals surface area contributed by atoms with E-state index in [1.807, 2.05) is 0 Å². The zero-order chi connectivity index (χ0) is 13.1. The lowest BCUT2D eigenvalue weighted by Gasteiger charge is -2.07. The van der Waals surface area contributed by atoms with Crippen LogP contribution in [-0.4, -0.2) is 11.3 Å². The third-order valence-corrected chi connectivity index (χ3v) is 3.28. The van der Waals surface area contributed by atoms with Gasteiger partial charge in [-0.25, -0.2) is 5.84 Å². The standard InChI is InChI=1S/C14H28N4/c1-2-3-4-5-6-7-8-9-10-11-12-14-17-16-13-18(14)15/h12-13,17H,2-11,15H2,1H3. The highest BCUT2D eigenvalue weighted by atomic mass is 15.6. The molecule has 0 aromatic rings. The molecule has 1 heterocycles. The Labute approximate surface area is 111 Å². The molecule has 1 rings (SSSR count). The van der Waals surface area contributed by atoms with Crippen molar-refractivity contribution in [3.8, 4) is 0 Å². The van der Waals surface area contributed by atoms with Crippen LogP contribution in [-0.2, 0) is 0 Å². The van der Waals surface area contributed by atoms with Gasteiger partial charge in [0.15, 0.2) is 0 Å². The molecule has 0 saturated heterocycles. The van der Waals surface area contributed by atoms with Gasteiger partial charge in [-0.15, -0.1) is 0 Å². The minimum atomic E-state index is 0.898. The number of unbranched alkanes of at least 4 members (excludes halogenated alkanes) is 9. The van der Waals surface area contributed by atoms with E-state index in [0.717, 1.165) is 12.2 Å². The van der Waals surface area contributed by atoms with Crippen LogP contribution in [0.3, 0.4) is 0 Å². The maximum atomic E-state index is 5.65. The summed E-state index contributed by atoms with van der Waals surface area (Å²) in [5.74, 6) is 6.55. The fourth-order valence-electron chi connectivity index (χ4n) is 2.12. The lowest BCUT2D eigenvalue weighted by molar-refractivity contribution is 0.539. The van der Waals surface area contributed by atoms with Crippen LogP contribution in [0.2, 0.25) is 0 Å². The van der Waals surface area contributed by atoms with Gasteiger partial charge in [-0.1, -0.05) is 58.3 Å². The minimum Gasteiger partial charge on any atom is -0.260 e. The second-order valence-electron chi connectivity index (χ2n) is 4.97. The highest BCUT2D eigenvalue weighted by Crippen LogP contribution is 2.11. The van der Waals surface area contributed by atoms with Crippen molar-refractivity contribution in [3.05, 3.63) is 11.9 Å². The van der Waals surface area contributed by atoms with Crippen molar-refractivity contribution in [1.82, 2.24) is 10.4 Å². The summed E-state index contributed by atoms with van der Waals surface area (Å²) in [6.07, 6.45) is 17.1. The van der Waals surface area contributed by atoms with Gasteiger partial charge in [0, 0.05) is 0 Å². The Kier molecular flexibility index (Phi) is 8.30. The molecule has 0 radical (unpaired) electrons. The fourth-order valence-corrected chi connectivity index (χ4v) is 2.12. The van der Waals surface area contributed by atoms with Crippen molar-refractivity contribution >= 4 is 6.34 Å². The van der Waals surface area contributed by atoms with Gasteiger partial charge in [-0.3, -0.25) is 10.4 Å². The number of hydrogen-bond acceptors (Lipinski definition) is 4. The van der Waals surface area contributed by atoms with Crippen LogP contribution in [0.15, 0.2) is 17.0 Å². The van der Waals surface area contributed by atoms with Crippen LogP contribution in [0.1, 0.15) is 71.1 Å². The second-order valence-corrected chi connectivity index (χ2v) is 4.97. The molecule has 1 aliphatic rings. The molecule has 4 nitrogen and oxygen atoms in total. The third-order valence-electron chi connectivity index (χ3n) is 3.28. The summed E-state index contributed by atoms with van der Waals surface area (Å²) in [6.45, 7) is 2.27. The van der Waals surface area contributed by atoms with E-state index in [1.165, 1.54) is 62.8 Å². The first-order chi connectivity index (χ1) is 8.84. The Balaban J connectivity index is 1.84. The van der Waals surface area contributed by atoms with E-state index in [2.05, 4.69) is 23.5 Å². The van der Waals surface area contributed by atoms with Gasteiger partial charge in [0.25, 0.3) is 0 Å². The molecule has 0 unspecified atom stereocenters. The number of hydrogen-bond donors (Lipinski definition) is 2. The van der Waals surface area contributed by atoms with Gasteiger partial charge >= 0.3 is 0 Å². The Morgan fingerprint density at radius 3 is 2.28 bits per heavy atom. The largest absolute Gasteiger partial charge is 0.260 e. The maximum absolute atomic E-state index is 5.65. The number of nitrogens with zero attached hydrogens (tertiary/aromatic N) is 2. The van der Waals surface area contributed by atoms with Gasteiger partial charge in [-0.2, -0.15) is 5.10 Å². The van der Waals surface area contributed by atoms with Crippen LogP contribution in [0.5, 0.6) is 0 Å². The number of hydrazone groups is 1. The quantitative estimate of drug-likeness (QED) is 0.462. The van der Waals surface area contributed by atoms with Crippen molar-refractivity contribution in [2.75, 3.05) is 0 Å². The second kappa shape index (κ2) is 9.95. The Bertz CT molecular complexity index is 261. The molecule has 0 amide bonds. The molecule has 0 fully saturated rings. The first kappa shape index (κ1) is 15.0. The van der Waals surface area contributed by atoms with E-state index in [4.69, 9.17) is 5.84 Å². The Morgan fingerprint density at radius 1 is 1.11 bits per heavy atom. The van der Waals surface area contributed by atoms with Gasteiger partial charge in [0.05, 0.1) is 0 Å². The SMILES string of the molecule is CCCCCCCCCCCC=C1NN=CN1N. The van der Waals surface area contributed by atoms with E-state index < -0.39 is 0 Å². The highest BCUT2D eigenvalue weighted by Gasteiger charge is 2.05. The van der Waals surface area contributed by atoms with E-state index >= 15 is 0 Å². The average Bonchev–Trinajstić information content (AvgIpc) is 2.77. The lowest BCUT2D eigenvalue weighted by Crippen LogP contribution is -2.27. The van der Waals surface area contributed by atoms with Crippen molar-refractivity contribution in [1.29, 1.82) is 0 Å². The average molecular weight is 252 g/mol. The van der Waals surface area contributed by atoms with Crippen LogP contribution in [0, 0.1) is 0 Å². The van der Waals surface area contributed by atoms with Crippen LogP contribution in [0.4, 0.5) is 0 Å². The topological polar surface area (TPSA) is 53.7 Å². The molecule has 0 atom stereocenters. The molecule has 0 spiro atoms. The smallest absolute Gasteiger partial charge is 0.138 e. The predicted molar refractivity (Wildman–Crippen MR) is 77.6 cm³/mol. The summed E-state index contributed by atoms with van der Waals surface area (Å²) in [7, 11) is 0. The normalized spacial score (nSPS) is 16.6. The first-order valence-electron chi connectivity index (χ1n) is 7.38. The molecule has 3 N–H and O–H groups in total. The third kappa shape index (κ3) is 6.64. The lowest BCUT2D eigenvalue weighted by atomic mass is 10.1. The van der Waals surface area contributed by atoms with Crippen LogP contribution >= 0.6 is 0 Å². The highest BCUT2D eigenvalue weighted by molar-refractivity contribution is 5.59. The van der Waals surface area contributed by atoms with Gasteiger partial charge in [-0.05, 0) is 18.9 Å². The predicted octanol–water partition coefficient (Wildman–Crippen LogP) is 3.47.